The van der Waals surface area contributed by atoms with Crippen LogP contribution in [-0.4, -0.2) is 15.8 Å². The van der Waals surface area contributed by atoms with Crippen molar-refractivity contribution in [3.63, 3.8) is 0 Å². The Morgan fingerprint density at radius 1 is 0.225 bits per heavy atom. The molecular weight excluding hydrogens is 1080 g/mol. The first-order valence-electron chi connectivity index (χ1n) is 30.8. The van der Waals surface area contributed by atoms with Gasteiger partial charge in [-0.05, 0) is 110 Å². The highest BCUT2D eigenvalue weighted by Gasteiger charge is 2.46. The van der Waals surface area contributed by atoms with Gasteiger partial charge in [0.05, 0.1) is 39.1 Å². The van der Waals surface area contributed by atoms with Gasteiger partial charge in [0.15, 0.2) is 0 Å². The maximum Gasteiger partial charge on any atom is 0.252 e. The molecule has 89 heavy (non-hydrogen) atoms. The van der Waals surface area contributed by atoms with E-state index in [-0.39, 0.29) is 6.71 Å². The van der Waals surface area contributed by atoms with Crippen LogP contribution in [0.4, 0.5) is 34.1 Å². The lowest BCUT2D eigenvalue weighted by Crippen LogP contribution is -2.61. The molecule has 0 N–H and O–H groups in total. The van der Waals surface area contributed by atoms with Crippen molar-refractivity contribution in [1.29, 1.82) is 0 Å². The van der Waals surface area contributed by atoms with Gasteiger partial charge in [-0.25, -0.2) is 0 Å². The van der Waals surface area contributed by atoms with Crippen LogP contribution < -0.4 is 26.2 Å². The molecule has 414 valence electrons. The van der Waals surface area contributed by atoms with E-state index in [1.807, 2.05) is 0 Å². The van der Waals surface area contributed by atoms with E-state index in [0.29, 0.717) is 0 Å². The first-order valence-corrected chi connectivity index (χ1v) is 30.8. The molecule has 0 bridgehead atoms. The second kappa shape index (κ2) is 20.5. The lowest BCUT2D eigenvalue weighted by Gasteiger charge is -2.46. The van der Waals surface area contributed by atoms with Gasteiger partial charge in [0.25, 0.3) is 6.71 Å². The Morgan fingerprint density at radius 3 is 1.16 bits per heavy atom. The topological polar surface area (TPSA) is 16.3 Å². The molecule has 0 unspecified atom stereocenters. The Morgan fingerprint density at radius 2 is 0.618 bits per heavy atom. The smallest absolute Gasteiger partial charge is 0.252 e. The number of nitrogens with zero attached hydrogens (tertiary/aromatic N) is 4. The number of benzene rings is 14. The van der Waals surface area contributed by atoms with Gasteiger partial charge >= 0.3 is 0 Å². The monoisotopic (exact) mass is 1130 g/mol. The van der Waals surface area contributed by atoms with Crippen LogP contribution in [0.2, 0.25) is 0 Å². The minimum absolute atomic E-state index is 0.202. The molecule has 2 aliphatic heterocycles. The van der Waals surface area contributed by atoms with E-state index in [4.69, 9.17) is 0 Å². The van der Waals surface area contributed by atoms with E-state index in [1.165, 1.54) is 65.8 Å². The standard InChI is InChI=1S/C84H55BN4/c1-6-26-56(27-7-1)61-36-22-37-62(54-61)87-75-47-21-18-40-70(75)80-76(87)53-52-72-84(80)89(83-66(59-32-12-4-13-33-59)43-24-44-67(83)60-34-14-5-15-35-60)78-49-25-48-77-81(78)85(72)71-51-50-63(86-73-45-19-16-38-68(73)69-39-17-20-46-74(69)86)55-79(71)88(77)82-64(57-28-8-2-9-29-57)41-23-42-65(82)58-30-10-3-11-31-58/h1-55H. The molecule has 0 amide bonds. The predicted molar refractivity (Wildman–Crippen MR) is 376 cm³/mol. The van der Waals surface area contributed by atoms with E-state index in [1.54, 1.807) is 0 Å². The molecule has 18 rings (SSSR count). The van der Waals surface area contributed by atoms with Crippen LogP contribution in [-0.2, 0) is 0 Å². The summed E-state index contributed by atoms with van der Waals surface area (Å²) >= 11 is 0. The molecule has 2 aromatic heterocycles. The fourth-order valence-electron chi connectivity index (χ4n) is 15.0. The highest BCUT2D eigenvalue weighted by Crippen LogP contribution is 2.55. The Bertz CT molecular complexity index is 5270. The molecule has 5 heteroatoms. The van der Waals surface area contributed by atoms with Crippen molar-refractivity contribution >= 4 is 101 Å². The molecule has 14 aromatic carbocycles. The minimum atomic E-state index is -0.202. The average Bonchev–Trinajstić information content (AvgIpc) is 1.65. The van der Waals surface area contributed by atoms with Crippen LogP contribution in [0.25, 0.3) is 111 Å². The summed E-state index contributed by atoms with van der Waals surface area (Å²) in [7, 11) is 0. The van der Waals surface area contributed by atoms with Crippen molar-refractivity contribution in [2.45, 2.75) is 0 Å². The predicted octanol–water partition coefficient (Wildman–Crippen LogP) is 20.3. The second-order valence-corrected chi connectivity index (χ2v) is 23.5. The van der Waals surface area contributed by atoms with Gasteiger partial charge in [-0.3, -0.25) is 0 Å². The van der Waals surface area contributed by atoms with E-state index < -0.39 is 0 Å². The third-order valence-corrected chi connectivity index (χ3v) is 18.7. The first-order chi connectivity index (χ1) is 44.2. The van der Waals surface area contributed by atoms with E-state index in [2.05, 4.69) is 353 Å². The maximum atomic E-state index is 2.69. The summed E-state index contributed by atoms with van der Waals surface area (Å²) in [6.45, 7) is -0.202. The SMILES string of the molecule is c1ccc(-c2cccc(-n3c4ccccc4c4c5c(ccc43)B3c4ccc(-n6c7ccccc7c7ccccc76)cc4N(c4c(-c6ccccc6)cccc4-c4ccccc4)c4cccc(c43)N5c3c(-c4ccccc4)cccc3-c3ccccc3)c2)cc1. The molecule has 0 saturated carbocycles. The average molecular weight is 1130 g/mol. The van der Waals surface area contributed by atoms with E-state index >= 15 is 0 Å². The number of aromatic nitrogens is 2. The summed E-state index contributed by atoms with van der Waals surface area (Å²) in [5.41, 5.74) is 28.9. The molecule has 0 atom stereocenters. The molecule has 4 heterocycles. The summed E-state index contributed by atoms with van der Waals surface area (Å²) < 4.78 is 4.98. The summed E-state index contributed by atoms with van der Waals surface area (Å²) in [5.74, 6) is 0. The molecule has 0 fully saturated rings. The van der Waals surface area contributed by atoms with Crippen LogP contribution >= 0.6 is 0 Å². The minimum Gasteiger partial charge on any atom is -0.310 e. The lowest BCUT2D eigenvalue weighted by atomic mass is 9.33. The number of fused-ring (bicyclic) bond motifs is 11. The Kier molecular flexibility index (Phi) is 11.7. The van der Waals surface area contributed by atoms with Crippen LogP contribution in [0.3, 0.4) is 0 Å². The zero-order valence-electron chi connectivity index (χ0n) is 48.6. The van der Waals surface area contributed by atoms with Crippen LogP contribution in [0.5, 0.6) is 0 Å². The summed E-state index contributed by atoms with van der Waals surface area (Å²) in [6.07, 6.45) is 0. The van der Waals surface area contributed by atoms with Crippen molar-refractivity contribution in [1.82, 2.24) is 9.13 Å². The van der Waals surface area contributed by atoms with Crippen molar-refractivity contribution in [2.24, 2.45) is 0 Å². The number of para-hydroxylation sites is 5. The summed E-state index contributed by atoms with van der Waals surface area (Å²) in [6, 6.07) is 124. The molecule has 4 nitrogen and oxygen atoms in total. The van der Waals surface area contributed by atoms with Gasteiger partial charge in [0.1, 0.15) is 0 Å². The van der Waals surface area contributed by atoms with Gasteiger partial charge in [-0.2, -0.15) is 0 Å². The van der Waals surface area contributed by atoms with Crippen LogP contribution in [0.1, 0.15) is 0 Å². The molecule has 2 aliphatic rings. The first kappa shape index (κ1) is 50.6. The van der Waals surface area contributed by atoms with E-state index in [9.17, 15) is 0 Å². The fraction of sp³-hybridized carbons (Fsp3) is 0. The molecular formula is C84H55BN4. The highest BCUT2D eigenvalue weighted by molar-refractivity contribution is 7.00. The number of rotatable bonds is 9. The molecule has 0 spiro atoms. The normalized spacial score (nSPS) is 12.4. The van der Waals surface area contributed by atoms with E-state index in [0.717, 1.165) is 95.4 Å². The third kappa shape index (κ3) is 7.88. The number of hydrogen-bond acceptors (Lipinski definition) is 2. The molecule has 0 saturated heterocycles. The van der Waals surface area contributed by atoms with Crippen LogP contribution in [0.15, 0.2) is 334 Å². The third-order valence-electron chi connectivity index (χ3n) is 18.7. The largest absolute Gasteiger partial charge is 0.310 e. The van der Waals surface area contributed by atoms with Crippen LogP contribution in [0, 0.1) is 0 Å². The Labute approximate surface area is 517 Å². The molecule has 16 aromatic rings. The summed E-state index contributed by atoms with van der Waals surface area (Å²) in [4.78, 5) is 5.33. The van der Waals surface area contributed by atoms with Gasteiger partial charge in [-0.15, -0.1) is 0 Å². The Hall–Kier alpha value is -11.7. The van der Waals surface area contributed by atoms with Crippen molar-refractivity contribution < 1.29 is 0 Å². The van der Waals surface area contributed by atoms with Crippen molar-refractivity contribution in [2.75, 3.05) is 9.80 Å². The summed E-state index contributed by atoms with van der Waals surface area (Å²) in [5, 5.41) is 4.86. The van der Waals surface area contributed by atoms with Gasteiger partial charge < -0.3 is 18.9 Å². The zero-order valence-corrected chi connectivity index (χ0v) is 48.6. The maximum absolute atomic E-state index is 2.69. The highest BCUT2D eigenvalue weighted by atomic mass is 15.2. The van der Waals surface area contributed by atoms with Gasteiger partial charge in [0.2, 0.25) is 0 Å². The van der Waals surface area contributed by atoms with Gasteiger partial charge in [-0.1, -0.05) is 273 Å². The Balaban J connectivity index is 1.00. The number of anilines is 6. The second-order valence-electron chi connectivity index (χ2n) is 23.5. The lowest BCUT2D eigenvalue weighted by molar-refractivity contribution is 1.17. The fourth-order valence-corrected chi connectivity index (χ4v) is 15.0. The van der Waals surface area contributed by atoms with Crippen molar-refractivity contribution in [3.8, 4) is 67.0 Å². The molecule has 0 aliphatic carbocycles. The number of hydrogen-bond donors (Lipinski definition) is 0. The van der Waals surface area contributed by atoms with Gasteiger partial charge in [0, 0.05) is 72.2 Å². The molecule has 0 radical (unpaired) electrons. The quantitative estimate of drug-likeness (QED) is 0.134. The zero-order chi connectivity index (χ0) is 58.5. The van der Waals surface area contributed by atoms with Crippen molar-refractivity contribution in [3.05, 3.63) is 334 Å².